The Morgan fingerprint density at radius 3 is 3.16 bits per heavy atom. The van der Waals surface area contributed by atoms with Gasteiger partial charge in [-0.3, -0.25) is 0 Å². The van der Waals surface area contributed by atoms with Crippen molar-refractivity contribution in [2.45, 2.75) is 19.4 Å². The Kier molecular flexibility index (Phi) is 4.99. The maximum Gasteiger partial charge on any atom is 0.373 e. The van der Waals surface area contributed by atoms with Crippen LogP contribution in [0.15, 0.2) is 16.5 Å². The lowest BCUT2D eigenvalue weighted by molar-refractivity contribution is 0.0563. The normalized spacial score (nSPS) is 20.4. The number of carbonyl (C=O) groups is 1. The van der Waals surface area contributed by atoms with Crippen molar-refractivity contribution in [3.8, 4) is 0 Å². The Balaban J connectivity index is 1.73. The lowest BCUT2D eigenvalue weighted by Crippen LogP contribution is -2.37. The Morgan fingerprint density at radius 1 is 1.58 bits per heavy atom. The molecule has 1 unspecified atom stereocenters. The first-order valence-corrected chi connectivity index (χ1v) is 6.75. The molecular weight excluding hydrogens is 244 g/mol. The van der Waals surface area contributed by atoms with Crippen molar-refractivity contribution in [1.29, 1.82) is 0 Å². The number of ether oxygens (including phenoxy) is 1. The van der Waals surface area contributed by atoms with Gasteiger partial charge in [0, 0.05) is 6.54 Å². The number of nitrogens with zero attached hydrogens (tertiary/aromatic N) is 1. The molecule has 5 nitrogen and oxygen atoms in total. The number of hydrogen-bond donors (Lipinski definition) is 1. The number of esters is 1. The van der Waals surface area contributed by atoms with E-state index in [0.717, 1.165) is 18.8 Å². The number of methoxy groups -OCH3 is 1. The first-order chi connectivity index (χ1) is 9.19. The number of nitrogens with one attached hydrogen (secondary N) is 1. The van der Waals surface area contributed by atoms with E-state index in [1.807, 2.05) is 6.07 Å². The largest absolute Gasteiger partial charge is 0.463 e. The third-order valence-electron chi connectivity index (χ3n) is 3.50. The van der Waals surface area contributed by atoms with Crippen LogP contribution in [0.25, 0.3) is 0 Å². The summed E-state index contributed by atoms with van der Waals surface area (Å²) in [5.74, 6) is 1.30. The number of piperidine rings is 1. The van der Waals surface area contributed by atoms with Crippen LogP contribution < -0.4 is 5.32 Å². The van der Waals surface area contributed by atoms with Crippen LogP contribution in [0.4, 0.5) is 0 Å². The van der Waals surface area contributed by atoms with E-state index >= 15 is 0 Å². The van der Waals surface area contributed by atoms with Gasteiger partial charge >= 0.3 is 5.97 Å². The maximum absolute atomic E-state index is 11.2. The van der Waals surface area contributed by atoms with Crippen molar-refractivity contribution in [1.82, 2.24) is 10.2 Å². The summed E-state index contributed by atoms with van der Waals surface area (Å²) in [4.78, 5) is 13.6. The molecule has 5 heteroatoms. The van der Waals surface area contributed by atoms with Crippen molar-refractivity contribution in [2.24, 2.45) is 5.92 Å². The van der Waals surface area contributed by atoms with Gasteiger partial charge in [-0.05, 0) is 51.0 Å². The average molecular weight is 266 g/mol. The fourth-order valence-electron chi connectivity index (χ4n) is 2.52. The minimum atomic E-state index is -0.430. The molecule has 0 bridgehead atoms. The second-order valence-corrected chi connectivity index (χ2v) is 5.16. The predicted octanol–water partition coefficient (Wildman–Crippen LogP) is 1.50. The lowest BCUT2D eigenvalue weighted by Gasteiger charge is -2.29. The summed E-state index contributed by atoms with van der Waals surface area (Å²) in [7, 11) is 3.52. The summed E-state index contributed by atoms with van der Waals surface area (Å²) in [6.45, 7) is 3.99. The molecule has 1 aromatic heterocycles. The first-order valence-electron chi connectivity index (χ1n) is 6.75. The smallest absolute Gasteiger partial charge is 0.373 e. The highest BCUT2D eigenvalue weighted by Gasteiger charge is 2.17. The first kappa shape index (κ1) is 14.1. The third kappa shape index (κ3) is 4.08. The third-order valence-corrected chi connectivity index (χ3v) is 3.50. The van der Waals surface area contributed by atoms with Crippen LogP contribution in [0.5, 0.6) is 0 Å². The van der Waals surface area contributed by atoms with Crippen LogP contribution >= 0.6 is 0 Å². The van der Waals surface area contributed by atoms with E-state index in [1.165, 1.54) is 26.5 Å². The molecule has 106 valence electrons. The fraction of sp³-hybridized carbons (Fsp3) is 0.643. The van der Waals surface area contributed by atoms with E-state index in [0.29, 0.717) is 12.5 Å². The molecule has 1 fully saturated rings. The van der Waals surface area contributed by atoms with Gasteiger partial charge < -0.3 is 19.4 Å². The van der Waals surface area contributed by atoms with Gasteiger partial charge in [0.05, 0.1) is 13.7 Å². The standard InChI is InChI=1S/C14H22N2O3/c1-16-7-3-4-11(10-16)8-15-9-12-5-6-13(19-12)14(17)18-2/h5-6,11,15H,3-4,7-10H2,1-2H3. The molecule has 0 radical (unpaired) electrons. The van der Waals surface area contributed by atoms with Crippen molar-refractivity contribution in [3.05, 3.63) is 23.7 Å². The van der Waals surface area contributed by atoms with E-state index in [4.69, 9.17) is 4.42 Å². The topological polar surface area (TPSA) is 54.7 Å². The zero-order valence-electron chi connectivity index (χ0n) is 11.6. The van der Waals surface area contributed by atoms with Crippen LogP contribution in [0.2, 0.25) is 0 Å². The van der Waals surface area contributed by atoms with Crippen molar-refractivity contribution in [3.63, 3.8) is 0 Å². The molecule has 0 saturated carbocycles. The zero-order chi connectivity index (χ0) is 13.7. The molecule has 1 atom stereocenters. The minimum Gasteiger partial charge on any atom is -0.463 e. The SMILES string of the molecule is COC(=O)c1ccc(CNCC2CCCN(C)C2)o1. The molecule has 1 aromatic rings. The van der Waals surface area contributed by atoms with Gasteiger partial charge in [-0.2, -0.15) is 0 Å². The molecule has 0 spiro atoms. The molecule has 1 aliphatic rings. The maximum atomic E-state index is 11.2. The average Bonchev–Trinajstić information content (AvgIpc) is 2.87. The lowest BCUT2D eigenvalue weighted by atomic mass is 9.98. The van der Waals surface area contributed by atoms with E-state index in [9.17, 15) is 4.79 Å². The van der Waals surface area contributed by atoms with Crippen molar-refractivity contribution in [2.75, 3.05) is 33.8 Å². The van der Waals surface area contributed by atoms with E-state index < -0.39 is 5.97 Å². The fourth-order valence-corrected chi connectivity index (χ4v) is 2.52. The molecule has 2 rings (SSSR count). The van der Waals surface area contributed by atoms with E-state index in [2.05, 4.69) is 22.0 Å². The highest BCUT2D eigenvalue weighted by atomic mass is 16.5. The summed E-state index contributed by atoms with van der Waals surface area (Å²) < 4.78 is 10.0. The van der Waals surface area contributed by atoms with Gasteiger partial charge in [0.25, 0.3) is 0 Å². The van der Waals surface area contributed by atoms with Crippen molar-refractivity contribution >= 4 is 5.97 Å². The molecule has 1 N–H and O–H groups in total. The Morgan fingerprint density at radius 2 is 2.42 bits per heavy atom. The molecule has 0 aromatic carbocycles. The predicted molar refractivity (Wildman–Crippen MR) is 72.0 cm³/mol. The van der Waals surface area contributed by atoms with Crippen LogP contribution in [0.1, 0.15) is 29.2 Å². The molecular formula is C14H22N2O3. The molecule has 1 saturated heterocycles. The Labute approximate surface area is 113 Å². The molecule has 0 aliphatic carbocycles. The molecule has 1 aliphatic heterocycles. The number of rotatable bonds is 5. The van der Waals surface area contributed by atoms with E-state index in [1.54, 1.807) is 6.07 Å². The van der Waals surface area contributed by atoms with Gasteiger partial charge in [-0.15, -0.1) is 0 Å². The van der Waals surface area contributed by atoms with Gasteiger partial charge in [0.2, 0.25) is 5.76 Å². The number of likely N-dealkylation sites (tertiary alicyclic amines) is 1. The van der Waals surface area contributed by atoms with Crippen LogP contribution in [-0.2, 0) is 11.3 Å². The molecule has 19 heavy (non-hydrogen) atoms. The zero-order valence-corrected chi connectivity index (χ0v) is 11.6. The minimum absolute atomic E-state index is 0.261. The van der Waals surface area contributed by atoms with Gasteiger partial charge in [-0.25, -0.2) is 4.79 Å². The highest BCUT2D eigenvalue weighted by Crippen LogP contribution is 2.14. The van der Waals surface area contributed by atoms with Crippen LogP contribution in [-0.4, -0.2) is 44.7 Å². The summed E-state index contributed by atoms with van der Waals surface area (Å²) >= 11 is 0. The Bertz CT molecular complexity index is 417. The summed E-state index contributed by atoms with van der Waals surface area (Å²) in [5, 5.41) is 3.39. The van der Waals surface area contributed by atoms with Crippen LogP contribution in [0.3, 0.4) is 0 Å². The van der Waals surface area contributed by atoms with Crippen LogP contribution in [0, 0.1) is 5.92 Å². The Hall–Kier alpha value is -1.33. The summed E-state index contributed by atoms with van der Waals surface area (Å²) in [5.41, 5.74) is 0. The quantitative estimate of drug-likeness (QED) is 0.818. The summed E-state index contributed by atoms with van der Waals surface area (Å²) in [6.07, 6.45) is 2.55. The van der Waals surface area contributed by atoms with Crippen molar-refractivity contribution < 1.29 is 13.9 Å². The highest BCUT2D eigenvalue weighted by molar-refractivity contribution is 5.86. The number of hydrogen-bond acceptors (Lipinski definition) is 5. The molecule has 0 amide bonds. The number of carbonyl (C=O) groups excluding carboxylic acids is 1. The number of furan rings is 1. The van der Waals surface area contributed by atoms with E-state index in [-0.39, 0.29) is 5.76 Å². The second-order valence-electron chi connectivity index (χ2n) is 5.16. The van der Waals surface area contributed by atoms with Gasteiger partial charge in [0.15, 0.2) is 0 Å². The van der Waals surface area contributed by atoms with Gasteiger partial charge in [-0.1, -0.05) is 0 Å². The second kappa shape index (κ2) is 6.73. The molecule has 2 heterocycles. The van der Waals surface area contributed by atoms with Gasteiger partial charge in [0.1, 0.15) is 5.76 Å². The monoisotopic (exact) mass is 266 g/mol. The summed E-state index contributed by atoms with van der Waals surface area (Å²) in [6, 6.07) is 3.46.